The number of alkyl halides is 1. The summed E-state index contributed by atoms with van der Waals surface area (Å²) in [4.78, 5) is 13.9. The zero-order valence-electron chi connectivity index (χ0n) is 15.9. The van der Waals surface area contributed by atoms with Crippen LogP contribution in [0.15, 0.2) is 48.5 Å². The Morgan fingerprint density at radius 1 is 1.03 bits per heavy atom. The van der Waals surface area contributed by atoms with Gasteiger partial charge in [0.2, 0.25) is 0 Å². The van der Waals surface area contributed by atoms with Crippen LogP contribution in [0.5, 0.6) is 11.5 Å². The molecule has 29 heavy (non-hydrogen) atoms. The standard InChI is InChI=1S/C21H23Cl2FN2O3/c22-16-1-5-18(6-2-16)28-12-11-26-10-9-21(24,15-26)14-25-20(27)13-29-19-7-3-17(23)4-8-19/h1-8H,9-15H2,(H,25,27). The second-order valence-corrected chi connectivity index (χ2v) is 7.87. The van der Waals surface area contributed by atoms with Crippen LogP contribution in [0.4, 0.5) is 4.39 Å². The average molecular weight is 441 g/mol. The van der Waals surface area contributed by atoms with Crippen LogP contribution in [0.25, 0.3) is 0 Å². The highest BCUT2D eigenvalue weighted by atomic mass is 35.5. The van der Waals surface area contributed by atoms with E-state index < -0.39 is 5.67 Å². The molecule has 0 radical (unpaired) electrons. The van der Waals surface area contributed by atoms with Gasteiger partial charge in [0.05, 0.1) is 6.54 Å². The quantitative estimate of drug-likeness (QED) is 0.640. The van der Waals surface area contributed by atoms with Crippen LogP contribution in [0.3, 0.4) is 0 Å². The van der Waals surface area contributed by atoms with Crippen molar-refractivity contribution in [1.29, 1.82) is 0 Å². The van der Waals surface area contributed by atoms with Crippen LogP contribution < -0.4 is 14.8 Å². The van der Waals surface area contributed by atoms with Gasteiger partial charge >= 0.3 is 0 Å². The summed E-state index contributed by atoms with van der Waals surface area (Å²) in [7, 11) is 0. The van der Waals surface area contributed by atoms with Crippen molar-refractivity contribution >= 4 is 29.1 Å². The van der Waals surface area contributed by atoms with Crippen molar-refractivity contribution in [2.45, 2.75) is 12.1 Å². The molecule has 1 saturated heterocycles. The molecular formula is C21H23Cl2FN2O3. The van der Waals surface area contributed by atoms with Gasteiger partial charge in [0.15, 0.2) is 6.61 Å². The number of halogens is 3. The van der Waals surface area contributed by atoms with Crippen LogP contribution in [-0.4, -0.2) is 55.9 Å². The van der Waals surface area contributed by atoms with Gasteiger partial charge in [-0.25, -0.2) is 4.39 Å². The van der Waals surface area contributed by atoms with Crippen LogP contribution in [0.2, 0.25) is 10.0 Å². The van der Waals surface area contributed by atoms with Gasteiger partial charge in [-0.1, -0.05) is 23.2 Å². The largest absolute Gasteiger partial charge is 0.492 e. The molecule has 1 N–H and O–H groups in total. The molecule has 2 aromatic carbocycles. The Hall–Kier alpha value is -2.02. The van der Waals surface area contributed by atoms with Crippen molar-refractivity contribution in [2.75, 3.05) is 39.4 Å². The minimum atomic E-state index is -1.45. The zero-order chi connectivity index (χ0) is 20.7. The first-order valence-electron chi connectivity index (χ1n) is 9.37. The fourth-order valence-electron chi connectivity index (χ4n) is 3.06. The summed E-state index contributed by atoms with van der Waals surface area (Å²) in [5.41, 5.74) is -1.45. The molecule has 3 rings (SSSR count). The number of likely N-dealkylation sites (tertiary alicyclic amines) is 1. The molecule has 1 aliphatic rings. The second-order valence-electron chi connectivity index (χ2n) is 7.00. The molecule has 1 unspecified atom stereocenters. The topological polar surface area (TPSA) is 50.8 Å². The number of benzene rings is 2. The highest BCUT2D eigenvalue weighted by Crippen LogP contribution is 2.25. The van der Waals surface area contributed by atoms with Crippen molar-refractivity contribution < 1.29 is 18.7 Å². The summed E-state index contributed by atoms with van der Waals surface area (Å²) in [5.74, 6) is 0.904. The van der Waals surface area contributed by atoms with Gasteiger partial charge in [-0.3, -0.25) is 9.69 Å². The molecule has 1 heterocycles. The minimum absolute atomic E-state index is 0.0373. The van der Waals surface area contributed by atoms with Crippen LogP contribution >= 0.6 is 23.2 Å². The van der Waals surface area contributed by atoms with E-state index in [0.29, 0.717) is 41.9 Å². The molecule has 8 heteroatoms. The Balaban J connectivity index is 1.34. The lowest BCUT2D eigenvalue weighted by Crippen LogP contribution is -2.43. The molecule has 0 spiro atoms. The van der Waals surface area contributed by atoms with Crippen LogP contribution in [0, 0.1) is 0 Å². The van der Waals surface area contributed by atoms with Crippen molar-refractivity contribution in [2.24, 2.45) is 0 Å². The number of carbonyl (C=O) groups excluding carboxylic acids is 1. The number of hydrogen-bond donors (Lipinski definition) is 1. The summed E-state index contributed by atoms with van der Waals surface area (Å²) < 4.78 is 26.0. The van der Waals surface area contributed by atoms with Gasteiger partial charge in [0.25, 0.3) is 5.91 Å². The first-order chi connectivity index (χ1) is 13.9. The predicted octanol–water partition coefficient (Wildman–Crippen LogP) is 3.98. The summed E-state index contributed by atoms with van der Waals surface area (Å²) in [5, 5.41) is 3.86. The van der Waals surface area contributed by atoms with E-state index in [4.69, 9.17) is 32.7 Å². The van der Waals surface area contributed by atoms with Gasteiger partial charge in [0, 0.05) is 29.7 Å². The van der Waals surface area contributed by atoms with Gasteiger partial charge < -0.3 is 14.8 Å². The maximum Gasteiger partial charge on any atom is 0.258 e. The van der Waals surface area contributed by atoms with E-state index in [9.17, 15) is 9.18 Å². The summed E-state index contributed by atoms with van der Waals surface area (Å²) in [6, 6.07) is 13.8. The zero-order valence-corrected chi connectivity index (χ0v) is 17.4. The smallest absolute Gasteiger partial charge is 0.258 e. The van der Waals surface area contributed by atoms with E-state index in [-0.39, 0.29) is 25.6 Å². The van der Waals surface area contributed by atoms with Crippen molar-refractivity contribution in [1.82, 2.24) is 10.2 Å². The maximum atomic E-state index is 15.0. The highest BCUT2D eigenvalue weighted by Gasteiger charge is 2.38. The molecule has 1 amide bonds. The minimum Gasteiger partial charge on any atom is -0.492 e. The lowest BCUT2D eigenvalue weighted by molar-refractivity contribution is -0.123. The molecule has 0 saturated carbocycles. The lowest BCUT2D eigenvalue weighted by Gasteiger charge is -2.21. The van der Waals surface area contributed by atoms with Gasteiger partial charge in [-0.2, -0.15) is 0 Å². The van der Waals surface area contributed by atoms with E-state index in [1.165, 1.54) is 0 Å². The molecule has 5 nitrogen and oxygen atoms in total. The molecule has 0 aliphatic carbocycles. The number of amides is 1. The van der Waals surface area contributed by atoms with Gasteiger partial charge in [-0.05, 0) is 55.0 Å². The summed E-state index contributed by atoms with van der Waals surface area (Å²) in [6.07, 6.45) is 0.367. The third kappa shape index (κ3) is 7.07. The highest BCUT2D eigenvalue weighted by molar-refractivity contribution is 6.30. The fraction of sp³-hybridized carbons (Fsp3) is 0.381. The molecule has 1 atom stereocenters. The van der Waals surface area contributed by atoms with Crippen LogP contribution in [0.1, 0.15) is 6.42 Å². The average Bonchev–Trinajstić information content (AvgIpc) is 3.09. The molecule has 1 aliphatic heterocycles. The number of nitrogens with one attached hydrogen (secondary N) is 1. The van der Waals surface area contributed by atoms with E-state index in [2.05, 4.69) is 5.32 Å². The molecule has 1 fully saturated rings. The Labute approximate surface area is 179 Å². The fourth-order valence-corrected chi connectivity index (χ4v) is 3.32. The number of ether oxygens (including phenoxy) is 2. The number of hydrogen-bond acceptors (Lipinski definition) is 4. The molecular weight excluding hydrogens is 418 g/mol. The molecule has 2 aromatic rings. The third-order valence-electron chi connectivity index (χ3n) is 4.66. The van der Waals surface area contributed by atoms with Gasteiger partial charge in [-0.15, -0.1) is 0 Å². The second kappa shape index (κ2) is 10.1. The Bertz CT molecular complexity index is 805. The van der Waals surface area contributed by atoms with Gasteiger partial charge in [0.1, 0.15) is 23.8 Å². The van der Waals surface area contributed by atoms with E-state index in [1.54, 1.807) is 48.5 Å². The Kier molecular flexibility index (Phi) is 7.58. The molecule has 156 valence electrons. The van der Waals surface area contributed by atoms with Crippen molar-refractivity contribution in [3.63, 3.8) is 0 Å². The number of nitrogens with zero attached hydrogens (tertiary/aromatic N) is 1. The first-order valence-corrected chi connectivity index (χ1v) is 10.1. The van der Waals surface area contributed by atoms with E-state index >= 15 is 0 Å². The van der Waals surface area contributed by atoms with E-state index in [0.717, 1.165) is 5.75 Å². The third-order valence-corrected chi connectivity index (χ3v) is 5.16. The molecule has 0 bridgehead atoms. The predicted molar refractivity (Wildman–Crippen MR) is 112 cm³/mol. The normalized spacial score (nSPS) is 19.1. The number of carbonyl (C=O) groups is 1. The Morgan fingerprint density at radius 3 is 2.24 bits per heavy atom. The number of rotatable bonds is 9. The van der Waals surface area contributed by atoms with Crippen molar-refractivity contribution in [3.05, 3.63) is 58.6 Å². The van der Waals surface area contributed by atoms with Crippen molar-refractivity contribution in [3.8, 4) is 11.5 Å². The monoisotopic (exact) mass is 440 g/mol. The van der Waals surface area contributed by atoms with Crippen LogP contribution in [-0.2, 0) is 4.79 Å². The first kappa shape index (κ1) is 21.7. The maximum absolute atomic E-state index is 15.0. The Morgan fingerprint density at radius 2 is 1.62 bits per heavy atom. The lowest BCUT2D eigenvalue weighted by atomic mass is 10.1. The summed E-state index contributed by atoms with van der Waals surface area (Å²) >= 11 is 11.6. The molecule has 0 aromatic heterocycles. The van der Waals surface area contributed by atoms with E-state index in [1.807, 2.05) is 4.90 Å². The summed E-state index contributed by atoms with van der Waals surface area (Å²) in [6.45, 7) is 1.74. The SMILES string of the molecule is O=C(COc1ccc(Cl)cc1)NCC1(F)CCN(CCOc2ccc(Cl)cc2)C1.